The summed E-state index contributed by atoms with van der Waals surface area (Å²) < 4.78 is 12.4. The van der Waals surface area contributed by atoms with Crippen molar-refractivity contribution in [2.45, 2.75) is 31.9 Å². The number of Topliss-reactive ketones (excluding diaryl/α,β-unsaturated/α-hetero) is 1. The fourth-order valence-corrected chi connectivity index (χ4v) is 0.981. The van der Waals surface area contributed by atoms with E-state index in [4.69, 9.17) is 0 Å². The summed E-state index contributed by atoms with van der Waals surface area (Å²) in [5, 5.41) is 12.2. The highest BCUT2D eigenvalue weighted by Gasteiger charge is 2.31. The average molecular weight is 189 g/mol. The molecule has 0 aromatic rings. The first-order valence-corrected chi connectivity index (χ1v) is 4.08. The van der Waals surface area contributed by atoms with Gasteiger partial charge in [-0.1, -0.05) is 6.58 Å². The van der Waals surface area contributed by atoms with Gasteiger partial charge in [-0.2, -0.15) is 0 Å². The Kier molecular flexibility index (Phi) is 4.62. The molecule has 2 N–H and O–H groups in total. The van der Waals surface area contributed by atoms with Crippen molar-refractivity contribution in [2.75, 3.05) is 6.67 Å². The molecule has 2 atom stereocenters. The normalized spacial score (nSPS) is 17.2. The van der Waals surface area contributed by atoms with Crippen molar-refractivity contribution in [1.82, 2.24) is 5.32 Å². The van der Waals surface area contributed by atoms with Gasteiger partial charge >= 0.3 is 0 Å². The highest BCUT2D eigenvalue weighted by molar-refractivity contribution is 5.76. The van der Waals surface area contributed by atoms with Gasteiger partial charge in [-0.25, -0.2) is 4.39 Å². The van der Waals surface area contributed by atoms with Crippen LogP contribution in [0.2, 0.25) is 0 Å². The van der Waals surface area contributed by atoms with E-state index >= 15 is 0 Å². The van der Waals surface area contributed by atoms with Gasteiger partial charge in [0.15, 0.2) is 0 Å². The van der Waals surface area contributed by atoms with E-state index in [9.17, 15) is 14.3 Å². The van der Waals surface area contributed by atoms with Gasteiger partial charge in [-0.3, -0.25) is 4.79 Å². The van der Waals surface area contributed by atoms with E-state index in [1.54, 1.807) is 0 Å². The highest BCUT2D eigenvalue weighted by Crippen LogP contribution is 2.14. The minimum atomic E-state index is -1.53. The largest absolute Gasteiger partial charge is 0.385 e. The Morgan fingerprint density at radius 2 is 2.38 bits per heavy atom. The lowest BCUT2D eigenvalue weighted by Crippen LogP contribution is -2.49. The number of aliphatic hydroxyl groups is 1. The quantitative estimate of drug-likeness (QED) is 0.649. The van der Waals surface area contributed by atoms with Gasteiger partial charge in [-0.05, 0) is 20.0 Å². The van der Waals surface area contributed by atoms with Gasteiger partial charge in [0.1, 0.15) is 18.1 Å². The van der Waals surface area contributed by atoms with Crippen LogP contribution >= 0.6 is 0 Å². The number of halogens is 1. The number of carbonyl (C=O) groups excluding carboxylic acids is 1. The first-order valence-electron chi connectivity index (χ1n) is 4.08. The lowest BCUT2D eigenvalue weighted by molar-refractivity contribution is -0.119. The van der Waals surface area contributed by atoms with Crippen LogP contribution in [0, 0.1) is 0 Å². The molecule has 0 heterocycles. The fraction of sp³-hybridized carbons (Fsp3) is 0.667. The highest BCUT2D eigenvalue weighted by atomic mass is 19.1. The van der Waals surface area contributed by atoms with Crippen molar-refractivity contribution in [1.29, 1.82) is 0 Å². The van der Waals surface area contributed by atoms with E-state index in [-0.39, 0.29) is 12.2 Å². The topological polar surface area (TPSA) is 49.3 Å². The molecule has 0 spiro atoms. The summed E-state index contributed by atoms with van der Waals surface area (Å²) in [7, 11) is 0. The third-order valence-corrected chi connectivity index (χ3v) is 1.83. The van der Waals surface area contributed by atoms with E-state index in [0.717, 1.165) is 0 Å². The second kappa shape index (κ2) is 4.97. The van der Waals surface area contributed by atoms with E-state index in [2.05, 4.69) is 11.9 Å². The molecule has 0 fully saturated rings. The summed E-state index contributed by atoms with van der Waals surface area (Å²) in [6.07, 6.45) is 1.43. The van der Waals surface area contributed by atoms with Crippen LogP contribution in [0.5, 0.6) is 0 Å². The first-order chi connectivity index (χ1) is 5.94. The summed E-state index contributed by atoms with van der Waals surface area (Å²) in [6.45, 7) is 5.24. The second-order valence-electron chi connectivity index (χ2n) is 3.32. The first kappa shape index (κ1) is 12.1. The fourth-order valence-electron chi connectivity index (χ4n) is 0.981. The zero-order valence-corrected chi connectivity index (χ0v) is 8.01. The van der Waals surface area contributed by atoms with E-state index < -0.39 is 18.3 Å². The summed E-state index contributed by atoms with van der Waals surface area (Å²) in [6, 6.07) is -0.618. The third-order valence-electron chi connectivity index (χ3n) is 1.83. The summed E-state index contributed by atoms with van der Waals surface area (Å²) in [5.41, 5.74) is -1.53. The molecule has 0 aliphatic heterocycles. The zero-order chi connectivity index (χ0) is 10.5. The Bertz CT molecular complexity index is 192. The molecule has 0 aromatic carbocycles. The van der Waals surface area contributed by atoms with Crippen LogP contribution in [0.4, 0.5) is 4.39 Å². The standard InChI is InChI=1S/C9H16FNO2/c1-4-11-8(5-7(2)12)9(3,13)6-10/h4,8,11,13H,1,5-6H2,2-3H3. The average Bonchev–Trinajstić information content (AvgIpc) is 2.03. The number of hydrogen-bond donors (Lipinski definition) is 2. The SMILES string of the molecule is C=CNC(CC(C)=O)C(C)(O)CF. The van der Waals surface area contributed by atoms with Gasteiger partial charge in [0, 0.05) is 6.42 Å². The predicted octanol–water partition coefficient (Wildman–Crippen LogP) is 0.788. The van der Waals surface area contributed by atoms with Gasteiger partial charge in [-0.15, -0.1) is 0 Å². The lowest BCUT2D eigenvalue weighted by Gasteiger charge is -2.29. The third kappa shape index (κ3) is 4.03. The molecule has 0 saturated heterocycles. The van der Waals surface area contributed by atoms with E-state index in [1.165, 1.54) is 20.0 Å². The molecule has 0 aliphatic carbocycles. The Hall–Kier alpha value is -0.900. The Balaban J connectivity index is 4.39. The van der Waals surface area contributed by atoms with Gasteiger partial charge in [0.05, 0.1) is 6.04 Å². The van der Waals surface area contributed by atoms with Crippen LogP contribution in [0.1, 0.15) is 20.3 Å². The predicted molar refractivity (Wildman–Crippen MR) is 49.0 cm³/mol. The minimum Gasteiger partial charge on any atom is -0.385 e. The maximum absolute atomic E-state index is 12.4. The molecule has 76 valence electrons. The van der Waals surface area contributed by atoms with Crippen LogP contribution in [0.25, 0.3) is 0 Å². The van der Waals surface area contributed by atoms with Crippen molar-refractivity contribution >= 4 is 5.78 Å². The number of rotatable bonds is 6. The van der Waals surface area contributed by atoms with Gasteiger partial charge < -0.3 is 10.4 Å². The van der Waals surface area contributed by atoms with Crippen molar-refractivity contribution in [3.63, 3.8) is 0 Å². The second-order valence-corrected chi connectivity index (χ2v) is 3.32. The molecule has 3 nitrogen and oxygen atoms in total. The van der Waals surface area contributed by atoms with Crippen molar-refractivity contribution in [2.24, 2.45) is 0 Å². The number of ketones is 1. The van der Waals surface area contributed by atoms with Crippen molar-refractivity contribution < 1.29 is 14.3 Å². The Morgan fingerprint density at radius 1 is 1.85 bits per heavy atom. The van der Waals surface area contributed by atoms with Crippen LogP contribution in [0.15, 0.2) is 12.8 Å². The maximum atomic E-state index is 12.4. The molecule has 0 saturated carbocycles. The minimum absolute atomic E-state index is 0.0862. The summed E-state index contributed by atoms with van der Waals surface area (Å²) in [5.74, 6) is -0.104. The number of alkyl halides is 1. The maximum Gasteiger partial charge on any atom is 0.131 e. The van der Waals surface area contributed by atoms with Crippen LogP contribution in [-0.4, -0.2) is 29.2 Å². The molecule has 4 heteroatoms. The van der Waals surface area contributed by atoms with Crippen LogP contribution in [0.3, 0.4) is 0 Å². The van der Waals surface area contributed by atoms with Gasteiger partial charge in [0.2, 0.25) is 0 Å². The summed E-state index contributed by atoms with van der Waals surface area (Å²) in [4.78, 5) is 10.8. The van der Waals surface area contributed by atoms with Crippen LogP contribution in [-0.2, 0) is 4.79 Å². The number of nitrogens with one attached hydrogen (secondary N) is 1. The molecule has 13 heavy (non-hydrogen) atoms. The van der Waals surface area contributed by atoms with Gasteiger partial charge in [0.25, 0.3) is 0 Å². The molecule has 0 rings (SSSR count). The molecule has 0 bridgehead atoms. The van der Waals surface area contributed by atoms with Crippen molar-refractivity contribution in [3.05, 3.63) is 12.8 Å². The molecule has 0 amide bonds. The zero-order valence-electron chi connectivity index (χ0n) is 8.01. The molecule has 0 aliphatic rings. The Labute approximate surface area is 77.6 Å². The van der Waals surface area contributed by atoms with E-state index in [0.29, 0.717) is 0 Å². The van der Waals surface area contributed by atoms with E-state index in [1.807, 2.05) is 0 Å². The molecule has 2 unspecified atom stereocenters. The smallest absolute Gasteiger partial charge is 0.131 e. The molecular weight excluding hydrogens is 173 g/mol. The monoisotopic (exact) mass is 189 g/mol. The summed E-state index contributed by atoms with van der Waals surface area (Å²) >= 11 is 0. The lowest BCUT2D eigenvalue weighted by atomic mass is 9.94. The Morgan fingerprint density at radius 3 is 2.69 bits per heavy atom. The van der Waals surface area contributed by atoms with Crippen LogP contribution < -0.4 is 5.32 Å². The number of hydrogen-bond acceptors (Lipinski definition) is 3. The molecular formula is C9H16FNO2. The van der Waals surface area contributed by atoms with Crippen molar-refractivity contribution in [3.8, 4) is 0 Å². The molecule has 0 radical (unpaired) electrons. The number of carbonyl (C=O) groups is 1. The molecule has 0 aromatic heterocycles.